The summed E-state index contributed by atoms with van der Waals surface area (Å²) in [4.78, 5) is 29.3. The maximum absolute atomic E-state index is 12.4. The number of carbonyl (C=O) groups is 2. The number of hydrogen-bond donors (Lipinski definition) is 1. The normalized spacial score (nSPS) is 20.5. The number of allylic oxidation sites excluding steroid dienone is 1. The molecular weight excluding hydrogens is 242 g/mol. The average molecular weight is 255 g/mol. The van der Waals surface area contributed by atoms with Crippen molar-refractivity contribution in [3.63, 3.8) is 0 Å². The lowest BCUT2D eigenvalue weighted by Gasteiger charge is -2.24. The highest BCUT2D eigenvalue weighted by Gasteiger charge is 2.45. The van der Waals surface area contributed by atoms with Gasteiger partial charge in [0, 0.05) is 25.4 Å². The lowest BCUT2D eigenvalue weighted by atomic mass is 10.2. The zero-order valence-corrected chi connectivity index (χ0v) is 10.2. The Balaban J connectivity index is 1.96. The van der Waals surface area contributed by atoms with E-state index in [0.29, 0.717) is 17.9 Å². The van der Waals surface area contributed by atoms with Crippen LogP contribution >= 0.6 is 0 Å². The highest BCUT2D eigenvalue weighted by Crippen LogP contribution is 2.30. The Morgan fingerprint density at radius 3 is 2.84 bits per heavy atom. The number of amides is 1. The van der Waals surface area contributed by atoms with Gasteiger partial charge in [-0.25, -0.2) is 4.98 Å². The van der Waals surface area contributed by atoms with Gasteiger partial charge in [0.2, 0.25) is 5.91 Å². The first-order chi connectivity index (χ1) is 9.27. The zero-order valence-electron chi connectivity index (χ0n) is 10.2. The Morgan fingerprint density at radius 1 is 1.42 bits per heavy atom. The van der Waals surface area contributed by atoms with E-state index in [1.165, 1.54) is 4.90 Å². The molecule has 0 bridgehead atoms. The van der Waals surface area contributed by atoms with Crippen molar-refractivity contribution in [2.45, 2.75) is 6.42 Å². The molecule has 5 heteroatoms. The molecular formula is C14H13N3O2. The minimum Gasteiger partial charge on any atom is -0.386 e. The molecule has 0 saturated heterocycles. The van der Waals surface area contributed by atoms with Crippen LogP contribution in [-0.2, 0) is 9.59 Å². The first-order valence-electron chi connectivity index (χ1n) is 6.15. The van der Waals surface area contributed by atoms with Crippen LogP contribution in [0.25, 0.3) is 0 Å². The maximum atomic E-state index is 12.4. The molecule has 1 fully saturated rings. The molecule has 0 spiro atoms. The minimum absolute atomic E-state index is 0.000667. The Hall–Kier alpha value is -2.43. The fraction of sp³-hybridized carbons (Fsp3) is 0.214. The minimum atomic E-state index is -0.502. The fourth-order valence-corrected chi connectivity index (χ4v) is 1.98. The molecule has 19 heavy (non-hydrogen) atoms. The lowest BCUT2D eigenvalue weighted by molar-refractivity contribution is -0.122. The van der Waals surface area contributed by atoms with Crippen molar-refractivity contribution in [3.05, 3.63) is 48.4 Å². The van der Waals surface area contributed by atoms with Crippen molar-refractivity contribution in [3.8, 4) is 0 Å². The van der Waals surface area contributed by atoms with Crippen molar-refractivity contribution in [1.29, 1.82) is 0 Å². The Morgan fingerprint density at radius 2 is 2.26 bits per heavy atom. The van der Waals surface area contributed by atoms with Crippen LogP contribution in [0, 0.1) is 5.92 Å². The monoisotopic (exact) mass is 255 g/mol. The van der Waals surface area contributed by atoms with E-state index >= 15 is 0 Å². The third kappa shape index (κ3) is 2.27. The molecule has 1 unspecified atom stereocenters. The van der Waals surface area contributed by atoms with E-state index in [9.17, 15) is 9.59 Å². The van der Waals surface area contributed by atoms with Gasteiger partial charge in [-0.2, -0.15) is 0 Å². The van der Waals surface area contributed by atoms with Crippen LogP contribution in [0.1, 0.15) is 6.42 Å². The number of Topliss-reactive ketones (excluding diaryl/α,β-unsaturated/α-hetero) is 1. The second-order valence-corrected chi connectivity index (χ2v) is 4.46. The number of anilines is 1. The number of dihydropyridines is 1. The van der Waals surface area contributed by atoms with Crippen molar-refractivity contribution in [2.24, 2.45) is 5.92 Å². The molecule has 5 nitrogen and oxygen atoms in total. The van der Waals surface area contributed by atoms with Gasteiger partial charge < -0.3 is 5.32 Å². The third-order valence-corrected chi connectivity index (χ3v) is 3.06. The van der Waals surface area contributed by atoms with E-state index < -0.39 is 5.92 Å². The largest absolute Gasteiger partial charge is 0.386 e. The summed E-state index contributed by atoms with van der Waals surface area (Å²) < 4.78 is 0. The van der Waals surface area contributed by atoms with Gasteiger partial charge in [-0.1, -0.05) is 12.1 Å². The number of nitrogens with one attached hydrogen (secondary N) is 1. The van der Waals surface area contributed by atoms with Crippen LogP contribution in [0.3, 0.4) is 0 Å². The van der Waals surface area contributed by atoms with E-state index in [4.69, 9.17) is 0 Å². The first kappa shape index (κ1) is 11.6. The Kier molecular flexibility index (Phi) is 2.87. The summed E-state index contributed by atoms with van der Waals surface area (Å²) in [5.74, 6) is -0.174. The second-order valence-electron chi connectivity index (χ2n) is 4.46. The zero-order chi connectivity index (χ0) is 13.2. The summed E-state index contributed by atoms with van der Waals surface area (Å²) in [5, 5.41) is 3.06. The van der Waals surface area contributed by atoms with Crippen molar-refractivity contribution < 1.29 is 9.59 Å². The predicted octanol–water partition coefficient (Wildman–Crippen LogP) is 1.00. The van der Waals surface area contributed by atoms with Crippen LogP contribution in [0.5, 0.6) is 0 Å². The molecule has 3 rings (SSSR count). The number of aromatic nitrogens is 1. The van der Waals surface area contributed by atoms with Gasteiger partial charge in [-0.15, -0.1) is 0 Å². The maximum Gasteiger partial charge on any atom is 0.243 e. The van der Waals surface area contributed by atoms with Crippen molar-refractivity contribution >= 4 is 17.5 Å². The van der Waals surface area contributed by atoms with E-state index in [1.807, 2.05) is 18.2 Å². The molecule has 1 saturated carbocycles. The molecule has 1 N–H and O–H groups in total. The summed E-state index contributed by atoms with van der Waals surface area (Å²) in [7, 11) is 0. The van der Waals surface area contributed by atoms with E-state index in [0.717, 1.165) is 6.54 Å². The van der Waals surface area contributed by atoms with Crippen molar-refractivity contribution in [1.82, 2.24) is 10.3 Å². The highest BCUT2D eigenvalue weighted by molar-refractivity contribution is 6.19. The van der Waals surface area contributed by atoms with Gasteiger partial charge >= 0.3 is 0 Å². The van der Waals surface area contributed by atoms with Gasteiger partial charge in [0.05, 0.1) is 5.70 Å². The van der Waals surface area contributed by atoms with Crippen LogP contribution in [-0.4, -0.2) is 23.2 Å². The number of hydrogen-bond acceptors (Lipinski definition) is 4. The number of rotatable bonds is 3. The van der Waals surface area contributed by atoms with E-state index in [-0.39, 0.29) is 11.7 Å². The summed E-state index contributed by atoms with van der Waals surface area (Å²) >= 11 is 0. The third-order valence-electron chi connectivity index (χ3n) is 3.06. The topological polar surface area (TPSA) is 62.3 Å². The molecule has 2 heterocycles. The summed E-state index contributed by atoms with van der Waals surface area (Å²) in [6.07, 6.45) is 7.51. The van der Waals surface area contributed by atoms with Crippen LogP contribution < -0.4 is 10.2 Å². The molecule has 1 aliphatic heterocycles. The molecule has 0 radical (unpaired) electrons. The SMILES string of the molecule is O=C1CC1C(=O)N(C1=CNCC=C1)c1ccccn1. The van der Waals surface area contributed by atoms with E-state index in [2.05, 4.69) is 10.3 Å². The summed E-state index contributed by atoms with van der Waals surface area (Å²) in [5.41, 5.74) is 0.703. The average Bonchev–Trinajstić information content (AvgIpc) is 3.19. The molecule has 1 aromatic rings. The summed E-state index contributed by atoms with van der Waals surface area (Å²) in [6, 6.07) is 5.36. The van der Waals surface area contributed by atoms with Gasteiger partial charge in [0.1, 0.15) is 17.5 Å². The molecule has 1 atom stereocenters. The predicted molar refractivity (Wildman–Crippen MR) is 70.1 cm³/mol. The summed E-state index contributed by atoms with van der Waals surface area (Å²) in [6.45, 7) is 0.732. The van der Waals surface area contributed by atoms with Gasteiger partial charge in [-0.05, 0) is 18.2 Å². The van der Waals surface area contributed by atoms with Crippen LogP contribution in [0.4, 0.5) is 5.82 Å². The Bertz CT molecular complexity index is 578. The van der Waals surface area contributed by atoms with Crippen molar-refractivity contribution in [2.75, 3.05) is 11.4 Å². The van der Waals surface area contributed by atoms with Crippen LogP contribution in [0.2, 0.25) is 0 Å². The standard InChI is InChI=1S/C14H13N3O2/c18-12-8-11(12)14(19)17(10-4-3-6-15-9-10)13-5-1-2-7-16-13/h1-5,7,9,11,15H,6,8H2. The van der Waals surface area contributed by atoms with Gasteiger partial charge in [0.25, 0.3) is 0 Å². The van der Waals surface area contributed by atoms with E-state index in [1.54, 1.807) is 24.5 Å². The first-order valence-corrected chi connectivity index (χ1v) is 6.15. The molecule has 1 aromatic heterocycles. The fourth-order valence-electron chi connectivity index (χ4n) is 1.98. The second kappa shape index (κ2) is 4.68. The molecule has 96 valence electrons. The smallest absolute Gasteiger partial charge is 0.243 e. The molecule has 0 aromatic carbocycles. The quantitative estimate of drug-likeness (QED) is 0.819. The van der Waals surface area contributed by atoms with Crippen LogP contribution in [0.15, 0.2) is 48.4 Å². The van der Waals surface area contributed by atoms with Gasteiger partial charge in [-0.3, -0.25) is 14.5 Å². The highest BCUT2D eigenvalue weighted by atomic mass is 16.2. The molecule has 2 aliphatic rings. The van der Waals surface area contributed by atoms with Gasteiger partial charge in [0.15, 0.2) is 0 Å². The Labute approximate surface area is 110 Å². The number of nitrogens with zero attached hydrogens (tertiary/aromatic N) is 2. The number of pyridine rings is 1. The number of carbonyl (C=O) groups excluding carboxylic acids is 2. The molecule has 1 amide bonds. The lowest BCUT2D eigenvalue weighted by Crippen LogP contribution is -2.34. The molecule has 1 aliphatic carbocycles. The number of ketones is 1.